The molecule has 0 radical (unpaired) electrons. The molecule has 1 fully saturated rings. The summed E-state index contributed by atoms with van der Waals surface area (Å²) in [7, 11) is 2.11. The van der Waals surface area contributed by atoms with Gasteiger partial charge in [0.15, 0.2) is 17.9 Å². The number of carbonyl (C=O) groups is 1. The normalized spacial score (nSPS) is 19.1. The van der Waals surface area contributed by atoms with E-state index in [2.05, 4.69) is 47.8 Å². The summed E-state index contributed by atoms with van der Waals surface area (Å²) in [5, 5.41) is 10.6. The Balaban J connectivity index is 1.35. The third-order valence-electron chi connectivity index (χ3n) is 7.43. The van der Waals surface area contributed by atoms with Crippen LogP contribution in [-0.4, -0.2) is 83.2 Å². The highest BCUT2D eigenvalue weighted by atomic mass is 32.2. The number of piperazine rings is 1. The molecule has 2 aromatic heterocycles. The fraction of sp³-hybridized carbons (Fsp3) is 0.414. The van der Waals surface area contributed by atoms with Crippen LogP contribution >= 0.6 is 11.8 Å². The number of pyridine rings is 1. The van der Waals surface area contributed by atoms with Crippen molar-refractivity contribution in [3.63, 3.8) is 0 Å². The fourth-order valence-corrected chi connectivity index (χ4v) is 5.96. The number of anilines is 2. The van der Waals surface area contributed by atoms with Gasteiger partial charge < -0.3 is 25.8 Å². The minimum atomic E-state index is -0.546. The summed E-state index contributed by atoms with van der Waals surface area (Å²) in [4.78, 5) is 30.8. The van der Waals surface area contributed by atoms with E-state index in [9.17, 15) is 4.79 Å². The van der Waals surface area contributed by atoms with E-state index in [4.69, 9.17) is 0 Å². The molecule has 212 valence electrons. The van der Waals surface area contributed by atoms with Crippen LogP contribution in [0.5, 0.6) is 0 Å². The van der Waals surface area contributed by atoms with E-state index in [1.54, 1.807) is 24.5 Å². The molecule has 5 rings (SSSR count). The van der Waals surface area contributed by atoms with Crippen LogP contribution in [0.4, 0.5) is 15.9 Å². The van der Waals surface area contributed by atoms with Crippen LogP contribution in [0, 0.1) is 5.82 Å². The molecule has 4 heterocycles. The molecule has 3 aromatic rings. The van der Waals surface area contributed by atoms with Crippen LogP contribution in [-0.2, 0) is 4.79 Å². The number of thioether (sulfide) groups is 1. The lowest BCUT2D eigenvalue weighted by molar-refractivity contribution is -0.122. The van der Waals surface area contributed by atoms with E-state index in [0.29, 0.717) is 16.4 Å². The maximum absolute atomic E-state index is 15.0. The number of benzene rings is 1. The number of hydrogen-bond donors (Lipinski definition) is 4. The lowest BCUT2D eigenvalue weighted by atomic mass is 10.1. The Morgan fingerprint density at radius 2 is 2.02 bits per heavy atom. The number of allylic oxidation sites excluding steroid dienone is 1. The highest BCUT2D eigenvalue weighted by Gasteiger charge is 2.28. The molecule has 1 amide bonds. The molecular formula is C29H37FN8OS. The van der Waals surface area contributed by atoms with Crippen molar-refractivity contribution >= 4 is 52.0 Å². The number of halogens is 1. The molecule has 40 heavy (non-hydrogen) atoms. The number of hydrogen-bond acceptors (Lipinski definition) is 8. The third kappa shape index (κ3) is 5.86. The Bertz CT molecular complexity index is 1430. The Morgan fingerprint density at radius 1 is 1.23 bits per heavy atom. The average molecular weight is 565 g/mol. The van der Waals surface area contributed by atoms with Gasteiger partial charge >= 0.3 is 0 Å². The highest BCUT2D eigenvalue weighted by molar-refractivity contribution is 7.99. The van der Waals surface area contributed by atoms with Crippen LogP contribution in [0.2, 0.25) is 0 Å². The molecule has 0 bridgehead atoms. The lowest BCUT2D eigenvalue weighted by Crippen LogP contribution is -2.52. The molecule has 0 spiro atoms. The van der Waals surface area contributed by atoms with Crippen LogP contribution in [0.3, 0.4) is 0 Å². The monoisotopic (exact) mass is 564 g/mol. The standard InChI is InChI=1S/C29H37FN8OS/c1-5-22(38-14-12-37(4)13-15-38)28(39)36-27-26-19(10-11-31-27)20(17-32-26)25-18(3)16-33-29(35-25)34-21-8-7-9-23(24(21)30)40-6-2/h7-11,16-17,22,29,32,34-35H,5-6,12-15H2,1-4H3,(H,31,36,39). The number of amides is 1. The summed E-state index contributed by atoms with van der Waals surface area (Å²) in [6.07, 6.45) is 5.58. The zero-order valence-corrected chi connectivity index (χ0v) is 24.2. The van der Waals surface area contributed by atoms with Gasteiger partial charge in [0.05, 0.1) is 22.9 Å². The number of aliphatic imine (C=N–C) groups is 1. The maximum atomic E-state index is 15.0. The van der Waals surface area contributed by atoms with Crippen molar-refractivity contribution in [3.05, 3.63) is 53.6 Å². The van der Waals surface area contributed by atoms with Crippen LogP contribution < -0.4 is 16.0 Å². The van der Waals surface area contributed by atoms with Gasteiger partial charge in [-0.15, -0.1) is 11.8 Å². The number of aromatic nitrogens is 2. The second-order valence-corrected chi connectivity index (χ2v) is 11.4. The molecule has 4 N–H and O–H groups in total. The zero-order chi connectivity index (χ0) is 28.2. The number of carbonyl (C=O) groups excluding carboxylic acids is 1. The average Bonchev–Trinajstić information content (AvgIpc) is 3.38. The molecule has 1 aromatic carbocycles. The first-order valence-electron chi connectivity index (χ1n) is 13.8. The SMILES string of the molecule is CCSc1cccc(NC2N=CC(C)=C(c3c[nH]c4c(NC(=O)C(CC)N5CCN(C)CC5)nccc34)N2)c1F. The van der Waals surface area contributed by atoms with Crippen molar-refractivity contribution in [1.82, 2.24) is 25.1 Å². The second-order valence-electron chi connectivity index (χ2n) is 10.1. The molecule has 2 aliphatic rings. The molecule has 1 saturated heterocycles. The van der Waals surface area contributed by atoms with Crippen molar-refractivity contribution in [2.75, 3.05) is 49.6 Å². The first kappa shape index (κ1) is 28.1. The van der Waals surface area contributed by atoms with E-state index < -0.39 is 6.29 Å². The topological polar surface area (TPSA) is 101 Å². The third-order valence-corrected chi connectivity index (χ3v) is 8.34. The molecule has 0 saturated carbocycles. The largest absolute Gasteiger partial charge is 0.357 e. The Labute approximate surface area is 238 Å². The molecule has 11 heteroatoms. The summed E-state index contributed by atoms with van der Waals surface area (Å²) in [6, 6.07) is 7.06. The van der Waals surface area contributed by atoms with Crippen molar-refractivity contribution in [2.24, 2.45) is 4.99 Å². The van der Waals surface area contributed by atoms with E-state index in [1.165, 1.54) is 11.8 Å². The summed E-state index contributed by atoms with van der Waals surface area (Å²) < 4.78 is 15.0. The van der Waals surface area contributed by atoms with E-state index >= 15 is 4.39 Å². The van der Waals surface area contributed by atoms with Gasteiger partial charge in [-0.3, -0.25) is 9.69 Å². The Morgan fingerprint density at radius 3 is 2.77 bits per heavy atom. The van der Waals surface area contributed by atoms with Gasteiger partial charge in [0, 0.05) is 60.6 Å². The summed E-state index contributed by atoms with van der Waals surface area (Å²) in [6.45, 7) is 9.67. The predicted molar refractivity (Wildman–Crippen MR) is 162 cm³/mol. The minimum Gasteiger partial charge on any atom is -0.357 e. The first-order chi connectivity index (χ1) is 19.4. The lowest BCUT2D eigenvalue weighted by Gasteiger charge is -2.36. The van der Waals surface area contributed by atoms with Crippen LogP contribution in [0.1, 0.15) is 32.8 Å². The van der Waals surface area contributed by atoms with Gasteiger partial charge in [-0.05, 0) is 49.9 Å². The van der Waals surface area contributed by atoms with Crippen molar-refractivity contribution in [3.8, 4) is 0 Å². The van der Waals surface area contributed by atoms with Gasteiger partial charge in [0.1, 0.15) is 0 Å². The minimum absolute atomic E-state index is 0.0451. The number of nitrogens with one attached hydrogen (secondary N) is 4. The number of likely N-dealkylation sites (N-methyl/N-ethyl adjacent to an activating group) is 1. The smallest absolute Gasteiger partial charge is 0.242 e. The van der Waals surface area contributed by atoms with Crippen molar-refractivity contribution in [1.29, 1.82) is 0 Å². The Hall–Kier alpha value is -3.41. The Kier molecular flexibility index (Phi) is 8.72. The van der Waals surface area contributed by atoms with E-state index in [0.717, 1.165) is 66.1 Å². The molecule has 2 atom stereocenters. The van der Waals surface area contributed by atoms with Gasteiger partial charge in [-0.25, -0.2) is 14.4 Å². The van der Waals surface area contributed by atoms with Crippen molar-refractivity contribution < 1.29 is 9.18 Å². The molecule has 2 aliphatic heterocycles. The second kappa shape index (κ2) is 12.4. The van der Waals surface area contributed by atoms with Gasteiger partial charge in [0.25, 0.3) is 0 Å². The number of rotatable bonds is 9. The van der Waals surface area contributed by atoms with Gasteiger partial charge in [-0.2, -0.15) is 0 Å². The number of fused-ring (bicyclic) bond motifs is 1. The summed E-state index contributed by atoms with van der Waals surface area (Å²) in [5.41, 5.74) is 3.88. The van der Waals surface area contributed by atoms with Crippen molar-refractivity contribution in [2.45, 2.75) is 44.4 Å². The predicted octanol–water partition coefficient (Wildman–Crippen LogP) is 4.58. The van der Waals surface area contributed by atoms with Crippen LogP contribution in [0.15, 0.2) is 52.1 Å². The first-order valence-corrected chi connectivity index (χ1v) is 14.8. The van der Waals surface area contributed by atoms with E-state index in [1.807, 2.05) is 39.1 Å². The number of nitrogens with zero attached hydrogens (tertiary/aromatic N) is 4. The maximum Gasteiger partial charge on any atom is 0.242 e. The number of H-pyrrole nitrogens is 1. The van der Waals surface area contributed by atoms with Gasteiger partial charge in [-0.1, -0.05) is 19.9 Å². The quantitative estimate of drug-likeness (QED) is 0.282. The summed E-state index contributed by atoms with van der Waals surface area (Å²) in [5.74, 6) is 0.973. The van der Waals surface area contributed by atoms with Crippen LogP contribution in [0.25, 0.3) is 16.6 Å². The molecule has 9 nitrogen and oxygen atoms in total. The number of aromatic amines is 1. The summed E-state index contributed by atoms with van der Waals surface area (Å²) >= 11 is 1.47. The van der Waals surface area contributed by atoms with E-state index in [-0.39, 0.29) is 17.8 Å². The molecular weight excluding hydrogens is 527 g/mol. The molecule has 0 aliphatic carbocycles. The molecule has 2 unspecified atom stereocenters. The van der Waals surface area contributed by atoms with Gasteiger partial charge in [0.2, 0.25) is 5.91 Å². The zero-order valence-electron chi connectivity index (χ0n) is 23.4. The fourth-order valence-electron chi connectivity index (χ4n) is 5.24. The highest BCUT2D eigenvalue weighted by Crippen LogP contribution is 2.31.